The first-order valence-electron chi connectivity index (χ1n) is 7.67. The van der Waals surface area contributed by atoms with Crippen molar-refractivity contribution in [3.63, 3.8) is 0 Å². The van der Waals surface area contributed by atoms with Gasteiger partial charge in [0.25, 0.3) is 0 Å². The summed E-state index contributed by atoms with van der Waals surface area (Å²) >= 11 is 4.38. The molecule has 2 aromatic rings. The van der Waals surface area contributed by atoms with Crippen LogP contribution in [0.15, 0.2) is 32.9 Å². The van der Waals surface area contributed by atoms with Gasteiger partial charge in [0.05, 0.1) is 12.3 Å². The van der Waals surface area contributed by atoms with Crippen molar-refractivity contribution in [3.05, 3.63) is 35.4 Å². The fourth-order valence-corrected chi connectivity index (χ4v) is 4.63. The summed E-state index contributed by atoms with van der Waals surface area (Å²) in [6.07, 6.45) is 0. The Kier molecular flexibility index (Phi) is 7.73. The van der Waals surface area contributed by atoms with Crippen LogP contribution in [-0.4, -0.2) is 34.3 Å². The molecule has 1 aromatic heterocycles. The number of benzene rings is 1. The van der Waals surface area contributed by atoms with E-state index in [1.165, 1.54) is 34.2 Å². The smallest absolute Gasteiger partial charge is 0.236 e. The number of carbonyl (C=O) groups is 2. The van der Waals surface area contributed by atoms with E-state index >= 15 is 0 Å². The highest BCUT2D eigenvalue weighted by Gasteiger charge is 2.09. The fourth-order valence-electron chi connectivity index (χ4n) is 1.82. The van der Waals surface area contributed by atoms with Crippen molar-refractivity contribution in [2.24, 2.45) is 5.73 Å². The third kappa shape index (κ3) is 7.05. The van der Waals surface area contributed by atoms with Crippen LogP contribution < -0.4 is 11.1 Å². The quantitative estimate of drug-likeness (QED) is 0.632. The van der Waals surface area contributed by atoms with Crippen molar-refractivity contribution in [2.75, 3.05) is 12.3 Å². The van der Waals surface area contributed by atoms with Crippen LogP contribution in [0.2, 0.25) is 0 Å². The second kappa shape index (κ2) is 9.79. The SMILES string of the molecule is CC(C)c1ccc(CSc2nnc(SCC(=O)NCC(N)=O)s2)cc1. The lowest BCUT2D eigenvalue weighted by atomic mass is 10.0. The molecule has 25 heavy (non-hydrogen) atoms. The van der Waals surface area contributed by atoms with E-state index < -0.39 is 5.91 Å². The molecule has 0 saturated heterocycles. The second-order valence-electron chi connectivity index (χ2n) is 5.55. The van der Waals surface area contributed by atoms with E-state index in [1.807, 2.05) is 0 Å². The molecule has 2 amide bonds. The van der Waals surface area contributed by atoms with Crippen molar-refractivity contribution in [2.45, 2.75) is 34.2 Å². The predicted octanol–water partition coefficient (Wildman–Crippen LogP) is 2.65. The van der Waals surface area contributed by atoms with Gasteiger partial charge in [-0.3, -0.25) is 9.59 Å². The van der Waals surface area contributed by atoms with Gasteiger partial charge >= 0.3 is 0 Å². The molecule has 0 spiro atoms. The number of hydrogen-bond donors (Lipinski definition) is 2. The summed E-state index contributed by atoms with van der Waals surface area (Å²) in [5.41, 5.74) is 7.54. The molecular weight excluding hydrogens is 376 g/mol. The van der Waals surface area contributed by atoms with Crippen LogP contribution in [0.5, 0.6) is 0 Å². The molecule has 0 unspecified atom stereocenters. The largest absolute Gasteiger partial charge is 0.368 e. The van der Waals surface area contributed by atoms with E-state index in [0.29, 0.717) is 5.92 Å². The lowest BCUT2D eigenvalue weighted by Crippen LogP contribution is -2.34. The van der Waals surface area contributed by atoms with Gasteiger partial charge in [-0.2, -0.15) is 0 Å². The lowest BCUT2D eigenvalue weighted by Gasteiger charge is -2.05. The average molecular weight is 397 g/mol. The molecule has 0 aliphatic carbocycles. The van der Waals surface area contributed by atoms with Crippen LogP contribution in [0.3, 0.4) is 0 Å². The van der Waals surface area contributed by atoms with Gasteiger partial charge in [-0.1, -0.05) is 73.0 Å². The number of hydrogen-bond acceptors (Lipinski definition) is 7. The number of thioether (sulfide) groups is 2. The Morgan fingerprint density at radius 3 is 2.40 bits per heavy atom. The van der Waals surface area contributed by atoms with Crippen molar-refractivity contribution in [1.82, 2.24) is 15.5 Å². The van der Waals surface area contributed by atoms with E-state index in [9.17, 15) is 9.59 Å². The maximum absolute atomic E-state index is 11.5. The van der Waals surface area contributed by atoms with E-state index in [1.54, 1.807) is 11.8 Å². The molecule has 0 saturated carbocycles. The monoisotopic (exact) mass is 396 g/mol. The molecule has 0 fully saturated rings. The number of carbonyl (C=O) groups excluding carboxylic acids is 2. The number of primary amides is 1. The van der Waals surface area contributed by atoms with Crippen molar-refractivity contribution >= 4 is 46.7 Å². The molecule has 0 aliphatic rings. The Labute approximate surface area is 159 Å². The minimum Gasteiger partial charge on any atom is -0.368 e. The van der Waals surface area contributed by atoms with Gasteiger partial charge in [0.15, 0.2) is 8.68 Å². The van der Waals surface area contributed by atoms with Gasteiger partial charge in [-0.25, -0.2) is 0 Å². The first-order chi connectivity index (χ1) is 11.9. The van der Waals surface area contributed by atoms with E-state index in [0.717, 1.165) is 14.4 Å². The molecule has 0 radical (unpaired) electrons. The number of rotatable bonds is 9. The van der Waals surface area contributed by atoms with Crippen LogP contribution in [0.4, 0.5) is 0 Å². The summed E-state index contributed by atoms with van der Waals surface area (Å²) in [5, 5.41) is 10.6. The number of nitrogens with zero attached hydrogens (tertiary/aromatic N) is 2. The zero-order valence-electron chi connectivity index (χ0n) is 14.0. The Hall–Kier alpha value is -1.58. The first-order valence-corrected chi connectivity index (χ1v) is 10.5. The summed E-state index contributed by atoms with van der Waals surface area (Å²) < 4.78 is 1.60. The summed E-state index contributed by atoms with van der Waals surface area (Å²) in [6, 6.07) is 8.60. The first kappa shape index (κ1) is 19.7. The zero-order valence-corrected chi connectivity index (χ0v) is 16.5. The number of aromatic nitrogens is 2. The minimum atomic E-state index is -0.561. The molecule has 1 aromatic carbocycles. The summed E-state index contributed by atoms with van der Waals surface area (Å²) in [6.45, 7) is 4.21. The molecule has 134 valence electrons. The second-order valence-corrected chi connectivity index (χ2v) is 8.97. The van der Waals surface area contributed by atoms with Crippen molar-refractivity contribution in [3.8, 4) is 0 Å². The predicted molar refractivity (Wildman–Crippen MR) is 103 cm³/mol. The Bertz CT molecular complexity index is 716. The molecule has 0 aliphatic heterocycles. The highest BCUT2D eigenvalue weighted by atomic mass is 32.2. The fraction of sp³-hybridized carbons (Fsp3) is 0.375. The maximum atomic E-state index is 11.5. The summed E-state index contributed by atoms with van der Waals surface area (Å²) in [4.78, 5) is 22.1. The summed E-state index contributed by atoms with van der Waals surface area (Å²) in [5.74, 6) is 0.734. The number of nitrogens with two attached hydrogens (primary N) is 1. The van der Waals surface area contributed by atoms with Gasteiger partial charge in [-0.15, -0.1) is 10.2 Å². The highest BCUT2D eigenvalue weighted by molar-refractivity contribution is 8.03. The minimum absolute atomic E-state index is 0.147. The van der Waals surface area contributed by atoms with E-state index in [4.69, 9.17) is 5.73 Å². The zero-order chi connectivity index (χ0) is 18.2. The van der Waals surface area contributed by atoms with E-state index in [2.05, 4.69) is 53.6 Å². The molecule has 6 nitrogen and oxygen atoms in total. The normalized spacial score (nSPS) is 10.8. The standard InChI is InChI=1S/C16H20N4O2S3/c1-10(2)12-5-3-11(4-6-12)8-23-15-19-20-16(25-15)24-9-14(22)18-7-13(17)21/h3-6,10H,7-9H2,1-2H3,(H2,17,21)(H,18,22). The molecule has 0 atom stereocenters. The molecule has 3 N–H and O–H groups in total. The highest BCUT2D eigenvalue weighted by Crippen LogP contribution is 2.30. The number of nitrogens with one attached hydrogen (secondary N) is 1. The third-order valence-corrected chi connectivity index (χ3v) is 6.44. The molecule has 1 heterocycles. The number of amides is 2. The average Bonchev–Trinajstić information content (AvgIpc) is 3.04. The topological polar surface area (TPSA) is 98.0 Å². The van der Waals surface area contributed by atoms with Gasteiger partial charge in [0, 0.05) is 5.75 Å². The van der Waals surface area contributed by atoms with Crippen LogP contribution >= 0.6 is 34.9 Å². The third-order valence-electron chi connectivity index (χ3n) is 3.18. The molecule has 9 heteroatoms. The van der Waals surface area contributed by atoms with Crippen LogP contribution in [0, 0.1) is 0 Å². The van der Waals surface area contributed by atoms with Crippen molar-refractivity contribution < 1.29 is 9.59 Å². The molecule has 2 rings (SSSR count). The van der Waals surface area contributed by atoms with Gasteiger partial charge in [0.1, 0.15) is 0 Å². The van der Waals surface area contributed by atoms with E-state index in [-0.39, 0.29) is 18.2 Å². The molecular formula is C16H20N4O2S3. The lowest BCUT2D eigenvalue weighted by molar-refractivity contribution is -0.123. The van der Waals surface area contributed by atoms with Gasteiger partial charge in [-0.05, 0) is 17.0 Å². The van der Waals surface area contributed by atoms with Gasteiger partial charge < -0.3 is 11.1 Å². The van der Waals surface area contributed by atoms with Crippen LogP contribution in [0.1, 0.15) is 30.9 Å². The summed E-state index contributed by atoms with van der Waals surface area (Å²) in [7, 11) is 0. The Balaban J connectivity index is 1.77. The molecule has 0 bridgehead atoms. The Morgan fingerprint density at radius 2 is 1.80 bits per heavy atom. The van der Waals surface area contributed by atoms with Crippen molar-refractivity contribution in [1.29, 1.82) is 0 Å². The maximum Gasteiger partial charge on any atom is 0.236 e. The Morgan fingerprint density at radius 1 is 1.16 bits per heavy atom. The van der Waals surface area contributed by atoms with Crippen LogP contribution in [-0.2, 0) is 15.3 Å². The van der Waals surface area contributed by atoms with Gasteiger partial charge in [0.2, 0.25) is 11.8 Å². The van der Waals surface area contributed by atoms with Crippen LogP contribution in [0.25, 0.3) is 0 Å².